The topological polar surface area (TPSA) is 32.5 Å². The zero-order valence-corrected chi connectivity index (χ0v) is 12.8. The summed E-state index contributed by atoms with van der Waals surface area (Å²) in [6, 6.07) is 6.62. The van der Waals surface area contributed by atoms with E-state index in [9.17, 15) is 0 Å². The molecule has 0 aromatic heterocycles. The van der Waals surface area contributed by atoms with Crippen LogP contribution in [-0.2, 0) is 6.54 Å². The lowest BCUT2D eigenvalue weighted by atomic mass is 10.1. The monoisotopic (exact) mass is 293 g/mol. The highest BCUT2D eigenvalue weighted by Gasteiger charge is 2.26. The zero-order valence-electron chi connectivity index (χ0n) is 12.0. The van der Waals surface area contributed by atoms with Crippen LogP contribution in [0.3, 0.4) is 0 Å². The molecule has 0 radical (unpaired) electrons. The quantitative estimate of drug-likeness (QED) is 0.870. The molecule has 1 saturated heterocycles. The molecule has 1 saturated carbocycles. The number of rotatable bonds is 3. The van der Waals surface area contributed by atoms with Crippen molar-refractivity contribution in [2.24, 2.45) is 0 Å². The molecule has 1 aromatic carbocycles. The van der Waals surface area contributed by atoms with Gasteiger partial charge >= 0.3 is 0 Å². The molecule has 3 rings (SSSR count). The van der Waals surface area contributed by atoms with Gasteiger partial charge in [0, 0.05) is 49.5 Å². The van der Waals surface area contributed by atoms with Crippen molar-refractivity contribution < 1.29 is 0 Å². The van der Waals surface area contributed by atoms with Crippen molar-refractivity contribution in [3.63, 3.8) is 0 Å². The average molecular weight is 294 g/mol. The minimum Gasteiger partial charge on any atom is -0.398 e. The second-order valence-electron chi connectivity index (χ2n) is 6.09. The number of hydrogen-bond acceptors (Lipinski definition) is 3. The molecule has 20 heavy (non-hydrogen) atoms. The van der Waals surface area contributed by atoms with Gasteiger partial charge in [0.25, 0.3) is 0 Å². The molecule has 2 N–H and O–H groups in total. The first kappa shape index (κ1) is 14.2. The Morgan fingerprint density at radius 2 is 1.80 bits per heavy atom. The molecule has 110 valence electrons. The van der Waals surface area contributed by atoms with Crippen molar-refractivity contribution in [1.82, 2.24) is 9.80 Å². The van der Waals surface area contributed by atoms with E-state index in [-0.39, 0.29) is 0 Å². The number of hydrogen-bond donors (Lipinski definition) is 1. The molecule has 0 unspecified atom stereocenters. The van der Waals surface area contributed by atoms with Crippen LogP contribution in [0.4, 0.5) is 5.69 Å². The Morgan fingerprint density at radius 3 is 2.50 bits per heavy atom. The maximum absolute atomic E-state index is 6.06. The molecule has 1 heterocycles. The number of anilines is 1. The van der Waals surface area contributed by atoms with E-state index in [2.05, 4.69) is 9.80 Å². The van der Waals surface area contributed by atoms with Crippen LogP contribution < -0.4 is 5.73 Å². The molecule has 4 heteroatoms. The Kier molecular flexibility index (Phi) is 4.49. The third-order valence-electron chi connectivity index (χ3n) is 4.75. The molecule has 0 amide bonds. The number of benzene rings is 1. The molecule has 0 spiro atoms. The molecule has 2 fully saturated rings. The van der Waals surface area contributed by atoms with Crippen molar-refractivity contribution in [2.45, 2.75) is 38.3 Å². The van der Waals surface area contributed by atoms with Gasteiger partial charge in [-0.15, -0.1) is 0 Å². The van der Waals surface area contributed by atoms with Crippen LogP contribution in [-0.4, -0.2) is 42.0 Å². The first-order chi connectivity index (χ1) is 9.72. The number of nitrogen functional groups attached to an aromatic ring is 1. The van der Waals surface area contributed by atoms with Crippen molar-refractivity contribution in [3.05, 3.63) is 28.8 Å². The van der Waals surface area contributed by atoms with Crippen LogP contribution in [0.15, 0.2) is 18.2 Å². The average Bonchev–Trinajstić information content (AvgIpc) is 2.98. The summed E-state index contributed by atoms with van der Waals surface area (Å²) in [5, 5.41) is 0.777. The van der Waals surface area contributed by atoms with Gasteiger partial charge in [0.1, 0.15) is 0 Å². The summed E-state index contributed by atoms with van der Waals surface area (Å²) in [4.78, 5) is 5.18. The van der Waals surface area contributed by atoms with Crippen molar-refractivity contribution in [2.75, 3.05) is 31.9 Å². The summed E-state index contributed by atoms with van der Waals surface area (Å²) in [6.45, 7) is 5.60. The van der Waals surface area contributed by atoms with Gasteiger partial charge < -0.3 is 5.73 Å². The number of halogens is 1. The van der Waals surface area contributed by atoms with Crippen LogP contribution in [0.1, 0.15) is 31.2 Å². The molecule has 3 nitrogen and oxygen atoms in total. The molecule has 1 aliphatic carbocycles. The third-order valence-corrected chi connectivity index (χ3v) is 4.98. The van der Waals surface area contributed by atoms with Crippen molar-refractivity contribution in [1.29, 1.82) is 0 Å². The standard InChI is InChI=1S/C16H24ClN3/c17-14-5-6-16(18)13(11-14)12-19-7-9-20(10-8-19)15-3-1-2-4-15/h5-6,11,15H,1-4,7-10,12,18H2. The van der Waals surface area contributed by atoms with Gasteiger partial charge in [-0.3, -0.25) is 9.80 Å². The van der Waals surface area contributed by atoms with Gasteiger partial charge in [-0.2, -0.15) is 0 Å². The van der Waals surface area contributed by atoms with Gasteiger partial charge in [0.15, 0.2) is 0 Å². The highest BCUT2D eigenvalue weighted by atomic mass is 35.5. The van der Waals surface area contributed by atoms with E-state index in [4.69, 9.17) is 17.3 Å². The fraction of sp³-hybridized carbons (Fsp3) is 0.625. The van der Waals surface area contributed by atoms with E-state index < -0.39 is 0 Å². The third kappa shape index (κ3) is 3.27. The second kappa shape index (κ2) is 6.33. The van der Waals surface area contributed by atoms with Crippen molar-refractivity contribution >= 4 is 17.3 Å². The first-order valence-corrected chi connectivity index (χ1v) is 8.10. The summed E-state index contributed by atoms with van der Waals surface area (Å²) in [7, 11) is 0. The Bertz CT molecular complexity index is 449. The number of piperazine rings is 1. The van der Waals surface area contributed by atoms with Crippen LogP contribution in [0.2, 0.25) is 5.02 Å². The smallest absolute Gasteiger partial charge is 0.0410 e. The van der Waals surface area contributed by atoms with E-state index >= 15 is 0 Å². The van der Waals surface area contributed by atoms with E-state index in [0.717, 1.165) is 41.9 Å². The molecular formula is C16H24ClN3. The minimum absolute atomic E-state index is 0.777. The van der Waals surface area contributed by atoms with Crippen LogP contribution in [0, 0.1) is 0 Å². The number of nitrogens with zero attached hydrogens (tertiary/aromatic N) is 2. The van der Waals surface area contributed by atoms with E-state index in [1.54, 1.807) is 0 Å². The highest BCUT2D eigenvalue weighted by Crippen LogP contribution is 2.25. The van der Waals surface area contributed by atoms with E-state index in [0.29, 0.717) is 0 Å². The maximum Gasteiger partial charge on any atom is 0.0410 e. The fourth-order valence-corrected chi connectivity index (χ4v) is 3.70. The lowest BCUT2D eigenvalue weighted by molar-refractivity contribution is 0.0938. The van der Waals surface area contributed by atoms with Crippen LogP contribution >= 0.6 is 11.6 Å². The summed E-state index contributed by atoms with van der Waals surface area (Å²) >= 11 is 6.06. The van der Waals surface area contributed by atoms with Gasteiger partial charge in [0.05, 0.1) is 0 Å². The largest absolute Gasteiger partial charge is 0.398 e. The van der Waals surface area contributed by atoms with Crippen LogP contribution in [0.5, 0.6) is 0 Å². The lowest BCUT2D eigenvalue weighted by Crippen LogP contribution is -2.49. The maximum atomic E-state index is 6.06. The summed E-state index contributed by atoms with van der Waals surface area (Å²) in [5.74, 6) is 0. The predicted molar refractivity (Wildman–Crippen MR) is 85.0 cm³/mol. The van der Waals surface area contributed by atoms with E-state index in [1.807, 2.05) is 18.2 Å². The summed E-state index contributed by atoms with van der Waals surface area (Å²) in [6.07, 6.45) is 5.65. The molecule has 0 bridgehead atoms. The van der Waals surface area contributed by atoms with Crippen molar-refractivity contribution in [3.8, 4) is 0 Å². The molecule has 2 aliphatic rings. The second-order valence-corrected chi connectivity index (χ2v) is 6.53. The Labute approximate surface area is 126 Å². The Balaban J connectivity index is 1.54. The number of nitrogens with two attached hydrogens (primary N) is 1. The molecule has 1 aliphatic heterocycles. The zero-order chi connectivity index (χ0) is 13.9. The van der Waals surface area contributed by atoms with Gasteiger partial charge in [-0.05, 0) is 36.6 Å². The molecule has 1 aromatic rings. The van der Waals surface area contributed by atoms with E-state index in [1.165, 1.54) is 38.8 Å². The lowest BCUT2D eigenvalue weighted by Gasteiger charge is -2.38. The SMILES string of the molecule is Nc1ccc(Cl)cc1CN1CCN(C2CCCC2)CC1. The summed E-state index contributed by atoms with van der Waals surface area (Å²) in [5.41, 5.74) is 8.05. The van der Waals surface area contributed by atoms with Gasteiger partial charge in [0.2, 0.25) is 0 Å². The minimum atomic E-state index is 0.777. The van der Waals surface area contributed by atoms with Gasteiger partial charge in [-0.1, -0.05) is 24.4 Å². The first-order valence-electron chi connectivity index (χ1n) is 7.73. The van der Waals surface area contributed by atoms with Gasteiger partial charge in [-0.25, -0.2) is 0 Å². The predicted octanol–water partition coefficient (Wildman–Crippen LogP) is 2.98. The fourth-order valence-electron chi connectivity index (χ4n) is 3.51. The molecular weight excluding hydrogens is 270 g/mol. The summed E-state index contributed by atoms with van der Waals surface area (Å²) < 4.78 is 0. The normalized spacial score (nSPS) is 22.4. The van der Waals surface area contributed by atoms with Crippen LogP contribution in [0.25, 0.3) is 0 Å². The highest BCUT2D eigenvalue weighted by molar-refractivity contribution is 6.30. The Morgan fingerprint density at radius 1 is 1.10 bits per heavy atom. The Hall–Kier alpha value is -0.770. The molecule has 0 atom stereocenters.